The van der Waals surface area contributed by atoms with E-state index in [0.717, 1.165) is 50.9 Å². The van der Waals surface area contributed by atoms with Gasteiger partial charge in [-0.25, -0.2) is 0 Å². The molecule has 31 heavy (non-hydrogen) atoms. The third-order valence-electron chi connectivity index (χ3n) is 6.45. The molecule has 1 N–H and O–H groups in total. The summed E-state index contributed by atoms with van der Waals surface area (Å²) in [5, 5.41) is 3.07. The minimum Gasteiger partial charge on any atom is -0.379 e. The lowest BCUT2D eigenvalue weighted by atomic mass is 9.98. The van der Waals surface area contributed by atoms with E-state index in [2.05, 4.69) is 58.4 Å². The van der Waals surface area contributed by atoms with Crippen LogP contribution in [0.1, 0.15) is 46.8 Å². The zero-order valence-corrected chi connectivity index (χ0v) is 18.7. The van der Waals surface area contributed by atoms with E-state index >= 15 is 0 Å². The molecule has 5 heteroatoms. The van der Waals surface area contributed by atoms with Crippen LogP contribution in [0.2, 0.25) is 0 Å². The molecule has 2 aliphatic rings. The molecule has 2 aromatic carbocycles. The Morgan fingerprint density at radius 2 is 1.55 bits per heavy atom. The zero-order chi connectivity index (χ0) is 21.5. The number of hydrogen-bond donors (Lipinski definition) is 1. The van der Waals surface area contributed by atoms with Gasteiger partial charge in [-0.3, -0.25) is 14.6 Å². The third kappa shape index (κ3) is 6.63. The Hall–Kier alpha value is -2.21. The first kappa shape index (κ1) is 22.0. The Bertz CT molecular complexity index is 838. The van der Waals surface area contributed by atoms with Crippen LogP contribution >= 0.6 is 0 Å². The molecule has 0 bridgehead atoms. The first-order valence-corrected chi connectivity index (χ1v) is 11.6. The summed E-state index contributed by atoms with van der Waals surface area (Å²) < 4.78 is 5.40. The van der Waals surface area contributed by atoms with Crippen LogP contribution in [0.4, 0.5) is 0 Å². The fourth-order valence-corrected chi connectivity index (χ4v) is 4.38. The fourth-order valence-electron chi connectivity index (χ4n) is 4.38. The Balaban J connectivity index is 1.26. The summed E-state index contributed by atoms with van der Waals surface area (Å²) in [6.45, 7) is 10.7. The van der Waals surface area contributed by atoms with Gasteiger partial charge in [0.25, 0.3) is 5.91 Å². The van der Waals surface area contributed by atoms with E-state index in [1.165, 1.54) is 37.1 Å². The predicted molar refractivity (Wildman–Crippen MR) is 124 cm³/mol. The smallest absolute Gasteiger partial charge is 0.251 e. The standard InChI is InChI=1S/C26H35N3O2/c1-21-9-11-28(12-10-21)20-24-4-2-3-23(17-24)18-27-26(30)25-7-5-22(6-8-25)19-29-13-15-31-16-14-29/h2-8,17,21H,9-16,18-20H2,1H3,(H,27,30). The molecular formula is C26H35N3O2. The molecule has 166 valence electrons. The van der Waals surface area contributed by atoms with Crippen molar-refractivity contribution in [1.82, 2.24) is 15.1 Å². The lowest BCUT2D eigenvalue weighted by molar-refractivity contribution is 0.0342. The molecule has 2 aromatic rings. The molecule has 0 spiro atoms. The van der Waals surface area contributed by atoms with Gasteiger partial charge in [-0.2, -0.15) is 0 Å². The van der Waals surface area contributed by atoms with Gasteiger partial charge < -0.3 is 10.1 Å². The lowest BCUT2D eigenvalue weighted by Gasteiger charge is -2.30. The maximum atomic E-state index is 12.6. The Morgan fingerprint density at radius 1 is 0.903 bits per heavy atom. The first-order chi connectivity index (χ1) is 15.2. The van der Waals surface area contributed by atoms with Crippen LogP contribution in [0.3, 0.4) is 0 Å². The predicted octanol–water partition coefficient (Wildman–Crippen LogP) is 3.68. The molecule has 0 aliphatic carbocycles. The molecule has 0 aromatic heterocycles. The van der Waals surface area contributed by atoms with Crippen LogP contribution in [0, 0.1) is 5.92 Å². The van der Waals surface area contributed by atoms with Crippen molar-refractivity contribution >= 4 is 5.91 Å². The van der Waals surface area contributed by atoms with E-state index in [4.69, 9.17) is 4.74 Å². The molecule has 2 aliphatic heterocycles. The number of nitrogens with one attached hydrogen (secondary N) is 1. The summed E-state index contributed by atoms with van der Waals surface area (Å²) >= 11 is 0. The maximum Gasteiger partial charge on any atom is 0.251 e. The Labute approximate surface area is 186 Å². The molecule has 0 saturated carbocycles. The molecular weight excluding hydrogens is 386 g/mol. The summed E-state index contributed by atoms with van der Waals surface area (Å²) in [6, 6.07) is 16.6. The van der Waals surface area contributed by atoms with Crippen molar-refractivity contribution in [3.63, 3.8) is 0 Å². The van der Waals surface area contributed by atoms with E-state index in [1.807, 2.05) is 12.1 Å². The number of carbonyl (C=O) groups is 1. The average molecular weight is 422 g/mol. The monoisotopic (exact) mass is 421 g/mol. The minimum atomic E-state index is -0.0201. The van der Waals surface area contributed by atoms with Gasteiger partial charge in [-0.05, 0) is 60.7 Å². The second-order valence-electron chi connectivity index (χ2n) is 9.05. The van der Waals surface area contributed by atoms with Crippen molar-refractivity contribution in [3.8, 4) is 0 Å². The van der Waals surface area contributed by atoms with Crippen molar-refractivity contribution in [2.75, 3.05) is 39.4 Å². The summed E-state index contributed by atoms with van der Waals surface area (Å²) in [5.74, 6) is 0.833. The van der Waals surface area contributed by atoms with Crippen LogP contribution in [-0.2, 0) is 24.4 Å². The highest BCUT2D eigenvalue weighted by molar-refractivity contribution is 5.94. The number of carbonyl (C=O) groups excluding carboxylic acids is 1. The van der Waals surface area contributed by atoms with Crippen molar-refractivity contribution in [3.05, 3.63) is 70.8 Å². The molecule has 2 fully saturated rings. The SMILES string of the molecule is CC1CCN(Cc2cccc(CNC(=O)c3ccc(CN4CCOCC4)cc3)c2)CC1. The summed E-state index contributed by atoms with van der Waals surface area (Å²) in [6.07, 6.45) is 2.59. The molecule has 1 amide bonds. The van der Waals surface area contributed by atoms with Crippen LogP contribution in [0.15, 0.2) is 48.5 Å². The highest BCUT2D eigenvalue weighted by atomic mass is 16.5. The topological polar surface area (TPSA) is 44.8 Å². The molecule has 2 heterocycles. The maximum absolute atomic E-state index is 12.6. The number of rotatable bonds is 7. The molecule has 0 unspecified atom stereocenters. The van der Waals surface area contributed by atoms with Crippen LogP contribution in [0.25, 0.3) is 0 Å². The van der Waals surface area contributed by atoms with E-state index in [-0.39, 0.29) is 5.91 Å². The average Bonchev–Trinajstić information content (AvgIpc) is 2.80. The second-order valence-corrected chi connectivity index (χ2v) is 9.05. The van der Waals surface area contributed by atoms with E-state index in [1.54, 1.807) is 0 Å². The second kappa shape index (κ2) is 10.9. The van der Waals surface area contributed by atoms with Crippen molar-refractivity contribution in [2.24, 2.45) is 5.92 Å². The number of likely N-dealkylation sites (tertiary alicyclic amines) is 1. The fraction of sp³-hybridized carbons (Fsp3) is 0.500. The number of morpholine rings is 1. The minimum absolute atomic E-state index is 0.0201. The van der Waals surface area contributed by atoms with E-state index in [9.17, 15) is 4.79 Å². The summed E-state index contributed by atoms with van der Waals surface area (Å²) in [7, 11) is 0. The van der Waals surface area contributed by atoms with Crippen LogP contribution in [0.5, 0.6) is 0 Å². The van der Waals surface area contributed by atoms with Gasteiger partial charge in [0.05, 0.1) is 13.2 Å². The third-order valence-corrected chi connectivity index (χ3v) is 6.45. The first-order valence-electron chi connectivity index (χ1n) is 11.6. The normalized spacial score (nSPS) is 18.7. The van der Waals surface area contributed by atoms with E-state index in [0.29, 0.717) is 12.1 Å². The van der Waals surface area contributed by atoms with Crippen molar-refractivity contribution in [1.29, 1.82) is 0 Å². The quantitative estimate of drug-likeness (QED) is 0.741. The van der Waals surface area contributed by atoms with Crippen molar-refractivity contribution < 1.29 is 9.53 Å². The zero-order valence-electron chi connectivity index (χ0n) is 18.7. The number of nitrogens with zero attached hydrogens (tertiary/aromatic N) is 2. The molecule has 0 radical (unpaired) electrons. The van der Waals surface area contributed by atoms with Gasteiger partial charge in [-0.15, -0.1) is 0 Å². The highest BCUT2D eigenvalue weighted by Crippen LogP contribution is 2.18. The Kier molecular flexibility index (Phi) is 7.73. The van der Waals surface area contributed by atoms with Gasteiger partial charge in [0, 0.05) is 38.3 Å². The van der Waals surface area contributed by atoms with Crippen LogP contribution < -0.4 is 5.32 Å². The Morgan fingerprint density at radius 3 is 2.29 bits per heavy atom. The van der Waals surface area contributed by atoms with Gasteiger partial charge in [0.2, 0.25) is 0 Å². The number of ether oxygens (including phenoxy) is 1. The van der Waals surface area contributed by atoms with Gasteiger partial charge in [-0.1, -0.05) is 43.3 Å². The lowest BCUT2D eigenvalue weighted by Crippen LogP contribution is -2.35. The van der Waals surface area contributed by atoms with Crippen LogP contribution in [-0.4, -0.2) is 55.1 Å². The van der Waals surface area contributed by atoms with E-state index < -0.39 is 0 Å². The molecule has 4 rings (SSSR count). The largest absolute Gasteiger partial charge is 0.379 e. The van der Waals surface area contributed by atoms with Gasteiger partial charge in [0.15, 0.2) is 0 Å². The molecule has 0 atom stereocenters. The highest BCUT2D eigenvalue weighted by Gasteiger charge is 2.16. The van der Waals surface area contributed by atoms with Gasteiger partial charge in [0.1, 0.15) is 0 Å². The number of amides is 1. The van der Waals surface area contributed by atoms with Crippen molar-refractivity contribution in [2.45, 2.75) is 39.4 Å². The number of hydrogen-bond acceptors (Lipinski definition) is 4. The summed E-state index contributed by atoms with van der Waals surface area (Å²) in [5.41, 5.74) is 4.43. The molecule has 2 saturated heterocycles. The number of benzene rings is 2. The molecule has 5 nitrogen and oxygen atoms in total. The summed E-state index contributed by atoms with van der Waals surface area (Å²) in [4.78, 5) is 17.5. The van der Waals surface area contributed by atoms with Gasteiger partial charge >= 0.3 is 0 Å². The number of piperidine rings is 1.